The molecule has 0 unspecified atom stereocenters. The van der Waals surface area contributed by atoms with Crippen molar-refractivity contribution < 1.29 is 4.79 Å². The van der Waals surface area contributed by atoms with Crippen molar-refractivity contribution in [3.8, 4) is 0 Å². The number of primary amides is 1. The number of benzene rings is 2. The first-order valence-corrected chi connectivity index (χ1v) is 5.42. The second kappa shape index (κ2) is 3.32. The summed E-state index contributed by atoms with van der Waals surface area (Å²) >= 11 is 0. The molecule has 0 atom stereocenters. The molecule has 2 aromatic carbocycles. The maximum Gasteiger partial charge on any atom is 0.248 e. The zero-order valence-electron chi connectivity index (χ0n) is 9.23. The summed E-state index contributed by atoms with van der Waals surface area (Å²) in [7, 11) is 0. The molecule has 0 fully saturated rings. The lowest BCUT2D eigenvalue weighted by molar-refractivity contribution is -0.112. The lowest BCUT2D eigenvalue weighted by Crippen LogP contribution is -2.13. The predicted octanol–water partition coefficient (Wildman–Crippen LogP) is 2.07. The third-order valence-electron chi connectivity index (χ3n) is 3.17. The number of amides is 1. The van der Waals surface area contributed by atoms with Crippen LogP contribution in [0.15, 0.2) is 49.0 Å². The highest BCUT2D eigenvalue weighted by Crippen LogP contribution is 2.21. The number of rotatable bonds is 2. The minimum atomic E-state index is -0.470. The SMILES string of the molecule is C=C(C(N)=O)c1cccc2c1=c1ccccc1=2. The van der Waals surface area contributed by atoms with Crippen molar-refractivity contribution in [2.45, 2.75) is 0 Å². The summed E-state index contributed by atoms with van der Waals surface area (Å²) in [6, 6.07) is 14.0. The Balaban J connectivity index is 2.45. The van der Waals surface area contributed by atoms with Gasteiger partial charge in [-0.15, -0.1) is 0 Å². The van der Waals surface area contributed by atoms with Crippen molar-refractivity contribution in [1.82, 2.24) is 0 Å². The Labute approximate surface area is 98.0 Å². The number of hydrogen-bond acceptors (Lipinski definition) is 1. The van der Waals surface area contributed by atoms with Gasteiger partial charge < -0.3 is 5.73 Å². The molecule has 0 heterocycles. The van der Waals surface area contributed by atoms with Crippen molar-refractivity contribution >= 4 is 11.5 Å². The lowest BCUT2D eigenvalue weighted by Gasteiger charge is -2.10. The van der Waals surface area contributed by atoms with Crippen molar-refractivity contribution in [2.75, 3.05) is 0 Å². The van der Waals surface area contributed by atoms with Gasteiger partial charge in [0.1, 0.15) is 0 Å². The van der Waals surface area contributed by atoms with Gasteiger partial charge in [0.15, 0.2) is 0 Å². The Morgan fingerprint density at radius 2 is 1.59 bits per heavy atom. The van der Waals surface area contributed by atoms with Crippen LogP contribution < -0.4 is 5.73 Å². The van der Waals surface area contributed by atoms with E-state index in [-0.39, 0.29) is 0 Å². The van der Waals surface area contributed by atoms with Gasteiger partial charge in [0.2, 0.25) is 5.91 Å². The largest absolute Gasteiger partial charge is 0.366 e. The van der Waals surface area contributed by atoms with E-state index in [0.717, 1.165) is 10.8 Å². The van der Waals surface area contributed by atoms with E-state index >= 15 is 0 Å². The number of hydrogen-bond donors (Lipinski definition) is 1. The Morgan fingerprint density at radius 3 is 2.29 bits per heavy atom. The van der Waals surface area contributed by atoms with Gasteiger partial charge in [-0.05, 0) is 26.4 Å². The molecule has 0 aromatic heterocycles. The van der Waals surface area contributed by atoms with Gasteiger partial charge in [-0.1, -0.05) is 49.0 Å². The highest BCUT2D eigenvalue weighted by molar-refractivity contribution is 6.17. The van der Waals surface area contributed by atoms with Gasteiger partial charge in [0, 0.05) is 5.57 Å². The molecule has 0 bridgehead atoms. The van der Waals surface area contributed by atoms with Crippen molar-refractivity contribution in [3.05, 3.63) is 75.5 Å². The van der Waals surface area contributed by atoms with Crippen LogP contribution in [0.1, 0.15) is 5.56 Å². The molecular formula is C15H11NO. The first-order valence-electron chi connectivity index (χ1n) is 5.42. The Morgan fingerprint density at radius 1 is 0.941 bits per heavy atom. The maximum absolute atomic E-state index is 11.2. The first-order chi connectivity index (χ1) is 8.20. The molecular weight excluding hydrogens is 210 g/mol. The summed E-state index contributed by atoms with van der Waals surface area (Å²) in [4.78, 5) is 11.2. The van der Waals surface area contributed by atoms with E-state index in [1.54, 1.807) is 0 Å². The van der Waals surface area contributed by atoms with Crippen LogP contribution in [0.2, 0.25) is 0 Å². The average molecular weight is 221 g/mol. The molecule has 0 saturated heterocycles. The van der Waals surface area contributed by atoms with Crippen LogP contribution in [0, 0.1) is 20.9 Å². The molecule has 3 rings (SSSR count). The molecule has 2 heteroatoms. The van der Waals surface area contributed by atoms with Crippen LogP contribution in [0.5, 0.6) is 0 Å². The molecule has 2 N–H and O–H groups in total. The van der Waals surface area contributed by atoms with E-state index < -0.39 is 5.91 Å². The van der Waals surface area contributed by atoms with E-state index in [9.17, 15) is 4.79 Å². The van der Waals surface area contributed by atoms with Crippen LogP contribution in [0.25, 0.3) is 5.57 Å². The molecule has 1 aliphatic rings. The minimum absolute atomic E-state index is 0.372. The van der Waals surface area contributed by atoms with Gasteiger partial charge >= 0.3 is 0 Å². The summed E-state index contributed by atoms with van der Waals surface area (Å²) in [6.07, 6.45) is 0. The third kappa shape index (κ3) is 1.24. The Hall–Kier alpha value is -2.35. The van der Waals surface area contributed by atoms with E-state index in [1.807, 2.05) is 24.3 Å². The second-order valence-corrected chi connectivity index (χ2v) is 4.12. The lowest BCUT2D eigenvalue weighted by atomic mass is 9.94. The summed E-state index contributed by atoms with van der Waals surface area (Å²) in [5.41, 5.74) is 6.51. The van der Waals surface area contributed by atoms with Crippen LogP contribution in [-0.2, 0) is 4.79 Å². The molecule has 17 heavy (non-hydrogen) atoms. The number of fused-ring (bicyclic) bond motifs is 2. The molecule has 2 aromatic rings. The smallest absolute Gasteiger partial charge is 0.248 e. The van der Waals surface area contributed by atoms with Crippen LogP contribution in [-0.4, -0.2) is 5.91 Å². The molecule has 1 amide bonds. The highest BCUT2D eigenvalue weighted by Gasteiger charge is 2.11. The molecule has 82 valence electrons. The molecule has 0 saturated carbocycles. The fourth-order valence-corrected chi connectivity index (χ4v) is 2.32. The van der Waals surface area contributed by atoms with Crippen molar-refractivity contribution in [2.24, 2.45) is 5.73 Å². The molecule has 0 aliphatic heterocycles. The van der Waals surface area contributed by atoms with E-state index in [2.05, 4.69) is 24.8 Å². The zero-order chi connectivity index (χ0) is 12.0. The standard InChI is InChI=1S/C15H11NO/c1-9(15(16)17)10-7-4-8-13-11-5-2-3-6-12(11)14(10)13/h2-8H,1H2,(H2,16,17). The Kier molecular flexibility index (Phi) is 1.92. The van der Waals surface area contributed by atoms with E-state index in [0.29, 0.717) is 5.57 Å². The van der Waals surface area contributed by atoms with Gasteiger partial charge in [-0.3, -0.25) is 4.79 Å². The van der Waals surface area contributed by atoms with Gasteiger partial charge in [0.25, 0.3) is 0 Å². The maximum atomic E-state index is 11.2. The normalized spacial score (nSPS) is 11.1. The minimum Gasteiger partial charge on any atom is -0.366 e. The first kappa shape index (κ1) is 9.85. The number of nitrogens with two attached hydrogens (primary N) is 1. The quantitative estimate of drug-likeness (QED) is 0.661. The van der Waals surface area contributed by atoms with Gasteiger partial charge in [-0.25, -0.2) is 0 Å². The summed E-state index contributed by atoms with van der Waals surface area (Å²) in [5.74, 6) is -0.470. The van der Waals surface area contributed by atoms with Crippen LogP contribution in [0.3, 0.4) is 0 Å². The number of carbonyl (C=O) groups is 1. The monoisotopic (exact) mass is 221 g/mol. The predicted molar refractivity (Wildman–Crippen MR) is 66.5 cm³/mol. The Bertz CT molecular complexity index is 834. The third-order valence-corrected chi connectivity index (χ3v) is 3.17. The van der Waals surface area contributed by atoms with E-state index in [1.165, 1.54) is 15.7 Å². The molecule has 0 radical (unpaired) electrons. The van der Waals surface area contributed by atoms with Gasteiger partial charge in [-0.2, -0.15) is 0 Å². The fraction of sp³-hybridized carbons (Fsp3) is 0. The van der Waals surface area contributed by atoms with Crippen molar-refractivity contribution in [3.63, 3.8) is 0 Å². The zero-order valence-corrected chi connectivity index (χ0v) is 9.23. The topological polar surface area (TPSA) is 43.1 Å². The average Bonchev–Trinajstić information content (AvgIpc) is 2.34. The van der Waals surface area contributed by atoms with Crippen molar-refractivity contribution in [1.29, 1.82) is 0 Å². The molecule has 0 spiro atoms. The van der Waals surface area contributed by atoms with Crippen LogP contribution in [0.4, 0.5) is 0 Å². The fourth-order valence-electron chi connectivity index (χ4n) is 2.32. The number of carbonyl (C=O) groups excluding carboxylic acids is 1. The molecule has 2 nitrogen and oxygen atoms in total. The molecule has 1 aliphatic carbocycles. The highest BCUT2D eigenvalue weighted by atomic mass is 16.1. The van der Waals surface area contributed by atoms with Crippen LogP contribution >= 0.6 is 0 Å². The van der Waals surface area contributed by atoms with E-state index in [4.69, 9.17) is 5.73 Å². The van der Waals surface area contributed by atoms with Gasteiger partial charge in [0.05, 0.1) is 0 Å². The summed E-state index contributed by atoms with van der Waals surface area (Å²) in [6.45, 7) is 3.76. The summed E-state index contributed by atoms with van der Waals surface area (Å²) in [5, 5.41) is 4.65. The summed E-state index contributed by atoms with van der Waals surface area (Å²) < 4.78 is 0. The second-order valence-electron chi connectivity index (χ2n) is 4.12.